The summed E-state index contributed by atoms with van der Waals surface area (Å²) >= 11 is 0. The first kappa shape index (κ1) is 25.6. The van der Waals surface area contributed by atoms with Crippen LogP contribution in [0.5, 0.6) is 0 Å². The van der Waals surface area contributed by atoms with Crippen LogP contribution in [0.15, 0.2) is 29.4 Å². The molecule has 0 bridgehead atoms. The summed E-state index contributed by atoms with van der Waals surface area (Å²) in [5.74, 6) is 1.70. The summed E-state index contributed by atoms with van der Waals surface area (Å²) in [4.78, 5) is 11.9. The van der Waals surface area contributed by atoms with Gasteiger partial charge < -0.3 is 10.6 Å². The van der Waals surface area contributed by atoms with Crippen molar-refractivity contribution >= 4 is 29.9 Å². The zero-order valence-corrected chi connectivity index (χ0v) is 21.7. The number of nitrogens with one attached hydrogen (secondary N) is 2. The van der Waals surface area contributed by atoms with Crippen molar-refractivity contribution in [2.45, 2.75) is 66.0 Å². The van der Waals surface area contributed by atoms with Crippen LogP contribution in [0.3, 0.4) is 0 Å². The second-order valence-electron chi connectivity index (χ2n) is 8.08. The summed E-state index contributed by atoms with van der Waals surface area (Å²) in [5.41, 5.74) is 3.17. The zero-order valence-electron chi connectivity index (χ0n) is 19.4. The molecule has 2 aromatic heterocycles. The van der Waals surface area contributed by atoms with Gasteiger partial charge in [0.25, 0.3) is 0 Å². The molecule has 1 saturated heterocycles. The number of hydrogen-bond donors (Lipinski definition) is 2. The number of aryl methyl sites for hydroxylation is 2. The molecular formula is C23H38IN7. The van der Waals surface area contributed by atoms with E-state index in [-0.39, 0.29) is 24.0 Å². The largest absolute Gasteiger partial charge is 0.357 e. The Hall–Kier alpha value is -1.68. The predicted octanol–water partition coefficient (Wildman–Crippen LogP) is 3.82. The Morgan fingerprint density at radius 1 is 1.19 bits per heavy atom. The standard InChI is InChI=1S/C23H37N7.HI/c1-5-21-9-7-8-13-29(21)14-12-25-23(24-6-2)27-17-20-10-11-22(26-16-20)30-19(4)15-18(3)28-30;/h10-11,15-16,21H,5-9,12-14,17H2,1-4H3,(H2,24,25,27);1H. The van der Waals surface area contributed by atoms with Crippen LogP contribution in [-0.2, 0) is 6.54 Å². The number of nitrogens with zero attached hydrogens (tertiary/aromatic N) is 5. The van der Waals surface area contributed by atoms with E-state index in [9.17, 15) is 0 Å². The molecule has 1 aliphatic heterocycles. The van der Waals surface area contributed by atoms with E-state index in [2.05, 4.69) is 51.6 Å². The molecule has 31 heavy (non-hydrogen) atoms. The van der Waals surface area contributed by atoms with Crippen LogP contribution in [-0.4, -0.2) is 57.8 Å². The maximum absolute atomic E-state index is 4.74. The average molecular weight is 540 g/mol. The second kappa shape index (κ2) is 13.0. The van der Waals surface area contributed by atoms with E-state index in [0.29, 0.717) is 6.54 Å². The monoisotopic (exact) mass is 539 g/mol. The minimum absolute atomic E-state index is 0. The molecule has 1 aliphatic rings. The van der Waals surface area contributed by atoms with Crippen LogP contribution in [0.4, 0.5) is 0 Å². The van der Waals surface area contributed by atoms with E-state index < -0.39 is 0 Å². The van der Waals surface area contributed by atoms with E-state index in [4.69, 9.17) is 4.99 Å². The first-order valence-electron chi connectivity index (χ1n) is 11.4. The van der Waals surface area contributed by atoms with Gasteiger partial charge >= 0.3 is 0 Å². The van der Waals surface area contributed by atoms with Gasteiger partial charge in [0.05, 0.1) is 12.2 Å². The van der Waals surface area contributed by atoms with Gasteiger partial charge in [-0.15, -0.1) is 24.0 Å². The van der Waals surface area contributed by atoms with E-state index in [1.54, 1.807) is 0 Å². The van der Waals surface area contributed by atoms with Crippen LogP contribution in [0.1, 0.15) is 56.5 Å². The van der Waals surface area contributed by atoms with Gasteiger partial charge in [-0.3, -0.25) is 4.90 Å². The van der Waals surface area contributed by atoms with Gasteiger partial charge in [0.2, 0.25) is 0 Å². The van der Waals surface area contributed by atoms with Gasteiger partial charge in [0, 0.05) is 37.6 Å². The van der Waals surface area contributed by atoms with Crippen molar-refractivity contribution < 1.29 is 0 Å². The normalized spacial score (nSPS) is 17.3. The van der Waals surface area contributed by atoms with Gasteiger partial charge in [-0.2, -0.15) is 5.10 Å². The van der Waals surface area contributed by atoms with Crippen molar-refractivity contribution in [2.24, 2.45) is 4.99 Å². The van der Waals surface area contributed by atoms with Crippen LogP contribution in [0.25, 0.3) is 5.82 Å². The molecule has 1 unspecified atom stereocenters. The van der Waals surface area contributed by atoms with Gasteiger partial charge in [0.1, 0.15) is 0 Å². The lowest BCUT2D eigenvalue weighted by molar-refractivity contribution is 0.147. The van der Waals surface area contributed by atoms with Gasteiger partial charge in [-0.1, -0.05) is 19.4 Å². The van der Waals surface area contributed by atoms with Gasteiger partial charge in [-0.05, 0) is 64.3 Å². The molecule has 1 atom stereocenters. The number of pyridine rings is 1. The summed E-state index contributed by atoms with van der Waals surface area (Å²) < 4.78 is 1.87. The maximum atomic E-state index is 4.74. The van der Waals surface area contributed by atoms with Crippen LogP contribution in [0, 0.1) is 13.8 Å². The van der Waals surface area contributed by atoms with Crippen LogP contribution >= 0.6 is 24.0 Å². The number of rotatable bonds is 8. The highest BCUT2D eigenvalue weighted by atomic mass is 127. The molecule has 3 rings (SSSR count). The lowest BCUT2D eigenvalue weighted by Crippen LogP contribution is -2.45. The van der Waals surface area contributed by atoms with Crippen LogP contribution in [0.2, 0.25) is 0 Å². The quantitative estimate of drug-likeness (QED) is 0.303. The third-order valence-corrected chi connectivity index (χ3v) is 5.71. The van der Waals surface area contributed by atoms with Crippen LogP contribution < -0.4 is 10.6 Å². The number of likely N-dealkylation sites (tertiary alicyclic amines) is 1. The molecule has 1 fully saturated rings. The van der Waals surface area contributed by atoms with E-state index in [1.165, 1.54) is 32.2 Å². The highest BCUT2D eigenvalue weighted by Crippen LogP contribution is 2.18. The molecule has 0 spiro atoms. The Balaban J connectivity index is 0.00000341. The topological polar surface area (TPSA) is 70.4 Å². The molecule has 0 aromatic carbocycles. The smallest absolute Gasteiger partial charge is 0.191 e. The SMILES string of the molecule is CCNC(=NCc1ccc(-n2nc(C)cc2C)nc1)NCCN1CCCCC1CC.I. The molecule has 3 heterocycles. The Kier molecular flexibility index (Phi) is 10.7. The Bertz CT molecular complexity index is 816. The molecule has 0 radical (unpaired) electrons. The molecule has 7 nitrogen and oxygen atoms in total. The number of hydrogen-bond acceptors (Lipinski definition) is 4. The number of piperidine rings is 1. The van der Waals surface area contributed by atoms with Gasteiger partial charge in [-0.25, -0.2) is 14.7 Å². The number of aliphatic imine (C=N–C) groups is 1. The summed E-state index contributed by atoms with van der Waals surface area (Å²) in [5, 5.41) is 11.3. The molecule has 172 valence electrons. The van der Waals surface area contributed by atoms with Crippen molar-refractivity contribution in [3.63, 3.8) is 0 Å². The van der Waals surface area contributed by atoms with E-state index >= 15 is 0 Å². The van der Waals surface area contributed by atoms with Crippen molar-refractivity contribution in [1.82, 2.24) is 30.3 Å². The molecule has 0 saturated carbocycles. The van der Waals surface area contributed by atoms with Crippen molar-refractivity contribution in [2.75, 3.05) is 26.2 Å². The third kappa shape index (κ3) is 7.45. The maximum Gasteiger partial charge on any atom is 0.191 e. The fraction of sp³-hybridized carbons (Fsp3) is 0.609. The lowest BCUT2D eigenvalue weighted by atomic mass is 10.0. The molecule has 0 amide bonds. The molecule has 2 aromatic rings. The predicted molar refractivity (Wildman–Crippen MR) is 139 cm³/mol. The highest BCUT2D eigenvalue weighted by Gasteiger charge is 2.19. The Morgan fingerprint density at radius 2 is 2.03 bits per heavy atom. The number of guanidine groups is 1. The minimum Gasteiger partial charge on any atom is -0.357 e. The molecule has 2 N–H and O–H groups in total. The molecule has 0 aliphatic carbocycles. The van der Waals surface area contributed by atoms with Crippen molar-refractivity contribution in [3.05, 3.63) is 41.3 Å². The zero-order chi connectivity index (χ0) is 21.3. The highest BCUT2D eigenvalue weighted by molar-refractivity contribution is 14.0. The fourth-order valence-electron chi connectivity index (χ4n) is 4.14. The first-order valence-corrected chi connectivity index (χ1v) is 11.4. The molecular weight excluding hydrogens is 501 g/mol. The summed E-state index contributed by atoms with van der Waals surface area (Å²) in [6.07, 6.45) is 7.17. The Labute approximate surface area is 204 Å². The summed E-state index contributed by atoms with van der Waals surface area (Å²) in [7, 11) is 0. The lowest BCUT2D eigenvalue weighted by Gasteiger charge is -2.35. The van der Waals surface area contributed by atoms with Gasteiger partial charge in [0.15, 0.2) is 11.8 Å². The van der Waals surface area contributed by atoms with Crippen molar-refractivity contribution in [3.8, 4) is 5.82 Å². The third-order valence-electron chi connectivity index (χ3n) is 5.71. The second-order valence-corrected chi connectivity index (χ2v) is 8.08. The van der Waals surface area contributed by atoms with E-state index in [0.717, 1.165) is 54.4 Å². The van der Waals surface area contributed by atoms with Crippen molar-refractivity contribution in [1.29, 1.82) is 0 Å². The molecule has 8 heteroatoms. The minimum atomic E-state index is 0. The number of aromatic nitrogens is 3. The average Bonchev–Trinajstić information content (AvgIpc) is 3.10. The van der Waals surface area contributed by atoms with E-state index in [1.807, 2.05) is 30.8 Å². The first-order chi connectivity index (χ1) is 14.6. The summed E-state index contributed by atoms with van der Waals surface area (Å²) in [6, 6.07) is 6.88. The Morgan fingerprint density at radius 3 is 2.68 bits per heavy atom. The number of halogens is 1. The summed E-state index contributed by atoms with van der Waals surface area (Å²) in [6.45, 7) is 13.1. The fourth-order valence-corrected chi connectivity index (χ4v) is 4.14.